The van der Waals surface area contributed by atoms with E-state index < -0.39 is 0 Å². The summed E-state index contributed by atoms with van der Waals surface area (Å²) in [5, 5.41) is 17.3. The van der Waals surface area contributed by atoms with Gasteiger partial charge in [0.1, 0.15) is 6.07 Å². The molecule has 0 unspecified atom stereocenters. The predicted octanol–water partition coefficient (Wildman–Crippen LogP) is 1.67. The molecule has 0 radical (unpaired) electrons. The summed E-state index contributed by atoms with van der Waals surface area (Å²) >= 11 is 0. The first kappa shape index (κ1) is 9.75. The van der Waals surface area contributed by atoms with Crippen LogP contribution in [-0.2, 0) is 0 Å². The molecule has 0 amide bonds. The summed E-state index contributed by atoms with van der Waals surface area (Å²) < 4.78 is 5.13. The lowest BCUT2D eigenvalue weighted by molar-refractivity contribution is 0.593. The van der Waals surface area contributed by atoms with Crippen molar-refractivity contribution in [2.24, 2.45) is 0 Å². The standard InChI is InChI=1S/C11H6N4O/c12-5-7-1-3-8(4-2-7)11-15-9(6-13)10(14)16-11/h1-4H,14H2. The van der Waals surface area contributed by atoms with E-state index in [0.29, 0.717) is 11.1 Å². The Hall–Kier alpha value is -2.79. The van der Waals surface area contributed by atoms with Gasteiger partial charge in [0.25, 0.3) is 0 Å². The van der Waals surface area contributed by atoms with E-state index in [2.05, 4.69) is 4.98 Å². The minimum absolute atomic E-state index is 0.00172. The topological polar surface area (TPSA) is 99.6 Å². The molecule has 0 atom stereocenters. The Bertz CT molecular complexity index is 598. The zero-order valence-electron chi connectivity index (χ0n) is 8.14. The zero-order valence-corrected chi connectivity index (χ0v) is 8.14. The Kier molecular flexibility index (Phi) is 2.29. The molecule has 1 heterocycles. The van der Waals surface area contributed by atoms with Crippen LogP contribution in [-0.4, -0.2) is 4.98 Å². The summed E-state index contributed by atoms with van der Waals surface area (Å²) in [5.41, 5.74) is 6.73. The van der Waals surface area contributed by atoms with Crippen molar-refractivity contribution in [3.63, 3.8) is 0 Å². The van der Waals surface area contributed by atoms with Gasteiger partial charge in [0.15, 0.2) is 0 Å². The average Bonchev–Trinajstić information content (AvgIpc) is 2.71. The molecule has 1 aromatic carbocycles. The van der Waals surface area contributed by atoms with Crippen molar-refractivity contribution in [3.8, 4) is 23.6 Å². The number of hydrogen-bond acceptors (Lipinski definition) is 5. The van der Waals surface area contributed by atoms with Gasteiger partial charge >= 0.3 is 0 Å². The van der Waals surface area contributed by atoms with E-state index >= 15 is 0 Å². The van der Waals surface area contributed by atoms with E-state index in [1.807, 2.05) is 12.1 Å². The first-order chi connectivity index (χ1) is 7.74. The molecule has 2 N–H and O–H groups in total. The SMILES string of the molecule is N#Cc1ccc(-c2nc(C#N)c(N)o2)cc1. The van der Waals surface area contributed by atoms with E-state index in [1.54, 1.807) is 24.3 Å². The normalized spacial score (nSPS) is 9.38. The van der Waals surface area contributed by atoms with Crippen LogP contribution in [0.5, 0.6) is 0 Å². The summed E-state index contributed by atoms with van der Waals surface area (Å²) in [6.45, 7) is 0. The molecule has 2 rings (SSSR count). The Morgan fingerprint density at radius 1 is 1.12 bits per heavy atom. The number of oxazole rings is 1. The smallest absolute Gasteiger partial charge is 0.230 e. The second-order valence-electron chi connectivity index (χ2n) is 3.03. The van der Waals surface area contributed by atoms with Crippen molar-refractivity contribution in [3.05, 3.63) is 35.5 Å². The van der Waals surface area contributed by atoms with Crippen molar-refractivity contribution < 1.29 is 4.42 Å². The first-order valence-electron chi connectivity index (χ1n) is 4.41. The minimum atomic E-state index is 0.00172. The molecule has 5 heteroatoms. The van der Waals surface area contributed by atoms with Gasteiger partial charge in [-0.25, -0.2) is 0 Å². The fourth-order valence-corrected chi connectivity index (χ4v) is 1.22. The maximum atomic E-state index is 8.67. The van der Waals surface area contributed by atoms with Crippen LogP contribution in [0.15, 0.2) is 28.7 Å². The molecule has 5 nitrogen and oxygen atoms in total. The highest BCUT2D eigenvalue weighted by molar-refractivity contribution is 5.58. The molecule has 76 valence electrons. The maximum absolute atomic E-state index is 8.67. The monoisotopic (exact) mass is 210 g/mol. The molecule has 0 saturated carbocycles. The van der Waals surface area contributed by atoms with Crippen molar-refractivity contribution in [1.29, 1.82) is 10.5 Å². The number of nitrogens with two attached hydrogens (primary N) is 1. The maximum Gasteiger partial charge on any atom is 0.230 e. The molecular weight excluding hydrogens is 204 g/mol. The van der Waals surface area contributed by atoms with Crippen LogP contribution in [0.2, 0.25) is 0 Å². The van der Waals surface area contributed by atoms with E-state index in [-0.39, 0.29) is 17.5 Å². The van der Waals surface area contributed by atoms with E-state index in [1.165, 1.54) is 0 Å². The van der Waals surface area contributed by atoms with E-state index in [0.717, 1.165) is 0 Å². The van der Waals surface area contributed by atoms with Crippen molar-refractivity contribution in [1.82, 2.24) is 4.98 Å². The van der Waals surface area contributed by atoms with Gasteiger partial charge in [0.05, 0.1) is 11.6 Å². The van der Waals surface area contributed by atoms with Gasteiger partial charge in [0.2, 0.25) is 17.5 Å². The summed E-state index contributed by atoms with van der Waals surface area (Å²) in [6.07, 6.45) is 0. The number of rotatable bonds is 1. The van der Waals surface area contributed by atoms with E-state index in [4.69, 9.17) is 20.7 Å². The lowest BCUT2D eigenvalue weighted by atomic mass is 10.1. The molecule has 16 heavy (non-hydrogen) atoms. The fraction of sp³-hybridized carbons (Fsp3) is 0. The van der Waals surface area contributed by atoms with Gasteiger partial charge in [-0.1, -0.05) is 0 Å². The van der Waals surface area contributed by atoms with Crippen molar-refractivity contribution in [2.75, 3.05) is 5.73 Å². The van der Waals surface area contributed by atoms with Gasteiger partial charge in [-0.2, -0.15) is 15.5 Å². The van der Waals surface area contributed by atoms with Gasteiger partial charge in [-0.3, -0.25) is 0 Å². The lowest BCUT2D eigenvalue weighted by Gasteiger charge is -1.93. The second kappa shape index (κ2) is 3.76. The van der Waals surface area contributed by atoms with Crippen molar-refractivity contribution in [2.45, 2.75) is 0 Å². The number of benzene rings is 1. The lowest BCUT2D eigenvalue weighted by Crippen LogP contribution is -1.84. The van der Waals surface area contributed by atoms with Crippen LogP contribution in [0.25, 0.3) is 11.5 Å². The highest BCUT2D eigenvalue weighted by Crippen LogP contribution is 2.23. The third-order valence-corrected chi connectivity index (χ3v) is 2.02. The zero-order chi connectivity index (χ0) is 11.5. The van der Waals surface area contributed by atoms with Crippen LogP contribution in [0.1, 0.15) is 11.3 Å². The third-order valence-electron chi connectivity index (χ3n) is 2.02. The number of nitrogens with zero attached hydrogens (tertiary/aromatic N) is 3. The largest absolute Gasteiger partial charge is 0.419 e. The van der Waals surface area contributed by atoms with Crippen LogP contribution in [0, 0.1) is 22.7 Å². The van der Waals surface area contributed by atoms with Crippen LogP contribution >= 0.6 is 0 Å². The molecule has 0 saturated heterocycles. The number of anilines is 1. The summed E-state index contributed by atoms with van der Waals surface area (Å²) in [5.74, 6) is 0.278. The van der Waals surface area contributed by atoms with Crippen LogP contribution in [0.4, 0.5) is 5.88 Å². The quantitative estimate of drug-likeness (QED) is 0.771. The van der Waals surface area contributed by atoms with Crippen LogP contribution < -0.4 is 5.73 Å². The molecule has 0 fully saturated rings. The van der Waals surface area contributed by atoms with Crippen molar-refractivity contribution >= 4 is 5.88 Å². The molecule has 0 aliphatic rings. The van der Waals surface area contributed by atoms with Gasteiger partial charge in [0, 0.05) is 5.56 Å². The highest BCUT2D eigenvalue weighted by Gasteiger charge is 2.11. The molecular formula is C11H6N4O. The summed E-state index contributed by atoms with van der Waals surface area (Å²) in [4.78, 5) is 3.92. The Morgan fingerprint density at radius 3 is 2.31 bits per heavy atom. The predicted molar refractivity (Wildman–Crippen MR) is 55.8 cm³/mol. The summed E-state index contributed by atoms with van der Waals surface area (Å²) in [7, 11) is 0. The van der Waals surface area contributed by atoms with Gasteiger partial charge in [-0.05, 0) is 24.3 Å². The molecule has 2 aromatic rings. The minimum Gasteiger partial charge on any atom is -0.419 e. The number of aromatic nitrogens is 1. The molecule has 0 aliphatic heterocycles. The molecule has 0 spiro atoms. The van der Waals surface area contributed by atoms with Gasteiger partial charge < -0.3 is 10.2 Å². The Labute approximate surface area is 91.4 Å². The molecule has 0 aliphatic carbocycles. The average molecular weight is 210 g/mol. The number of hydrogen-bond donors (Lipinski definition) is 1. The van der Waals surface area contributed by atoms with Gasteiger partial charge in [-0.15, -0.1) is 0 Å². The molecule has 1 aromatic heterocycles. The van der Waals surface area contributed by atoms with E-state index in [9.17, 15) is 0 Å². The summed E-state index contributed by atoms with van der Waals surface area (Å²) in [6, 6.07) is 10.5. The fourth-order valence-electron chi connectivity index (χ4n) is 1.22. The Balaban J connectivity index is 2.44. The first-order valence-corrected chi connectivity index (χ1v) is 4.41. The second-order valence-corrected chi connectivity index (χ2v) is 3.03. The third kappa shape index (κ3) is 1.58. The number of nitriles is 2. The molecule has 0 bridgehead atoms. The number of nitrogen functional groups attached to an aromatic ring is 1. The Morgan fingerprint density at radius 2 is 1.81 bits per heavy atom. The highest BCUT2D eigenvalue weighted by atomic mass is 16.4. The van der Waals surface area contributed by atoms with Crippen LogP contribution in [0.3, 0.4) is 0 Å².